The first-order valence-corrected chi connectivity index (χ1v) is 7.87. The van der Waals surface area contributed by atoms with Crippen LogP contribution in [0.3, 0.4) is 0 Å². The molecule has 0 spiro atoms. The minimum atomic E-state index is -0.252. The van der Waals surface area contributed by atoms with Crippen molar-refractivity contribution < 1.29 is 9.18 Å². The molecular formula is C21H18FNO. The van der Waals surface area contributed by atoms with Gasteiger partial charge in [-0.25, -0.2) is 4.39 Å². The zero-order chi connectivity index (χ0) is 16.9. The quantitative estimate of drug-likeness (QED) is 0.523. The first kappa shape index (κ1) is 15.9. The first-order valence-electron chi connectivity index (χ1n) is 7.87. The minimum absolute atomic E-state index is 0.0917. The number of fused-ring (bicyclic) bond motifs is 1. The summed E-state index contributed by atoms with van der Waals surface area (Å²) in [5.74, 6) is -0.344. The van der Waals surface area contributed by atoms with E-state index in [4.69, 9.17) is 0 Å². The Morgan fingerprint density at radius 2 is 1.88 bits per heavy atom. The molecule has 1 amide bonds. The molecular weight excluding hydrogens is 301 g/mol. The van der Waals surface area contributed by atoms with E-state index < -0.39 is 0 Å². The lowest BCUT2D eigenvalue weighted by molar-refractivity contribution is 0.0954. The van der Waals surface area contributed by atoms with E-state index >= 15 is 0 Å². The fourth-order valence-electron chi connectivity index (χ4n) is 2.70. The Bertz CT molecular complexity index is 884. The molecule has 0 aliphatic rings. The Morgan fingerprint density at radius 1 is 1.08 bits per heavy atom. The van der Waals surface area contributed by atoms with Crippen molar-refractivity contribution in [3.05, 3.63) is 84.7 Å². The number of benzene rings is 3. The van der Waals surface area contributed by atoms with Crippen molar-refractivity contribution in [2.24, 2.45) is 0 Å². The summed E-state index contributed by atoms with van der Waals surface area (Å²) in [5.41, 5.74) is 2.60. The second kappa shape index (κ2) is 7.09. The summed E-state index contributed by atoms with van der Waals surface area (Å²) in [6.45, 7) is 4.22. The topological polar surface area (TPSA) is 29.1 Å². The van der Waals surface area contributed by atoms with Gasteiger partial charge in [-0.15, -0.1) is 6.58 Å². The third-order valence-corrected chi connectivity index (χ3v) is 3.93. The van der Waals surface area contributed by atoms with Gasteiger partial charge in [0.1, 0.15) is 5.82 Å². The summed E-state index contributed by atoms with van der Waals surface area (Å²) in [4.78, 5) is 12.2. The molecule has 0 aliphatic carbocycles. The van der Waals surface area contributed by atoms with E-state index in [0.29, 0.717) is 12.1 Å². The number of hydrogen-bond donors (Lipinski definition) is 1. The Morgan fingerprint density at radius 3 is 2.62 bits per heavy atom. The van der Waals surface area contributed by atoms with E-state index in [1.165, 1.54) is 12.1 Å². The summed E-state index contributed by atoms with van der Waals surface area (Å²) in [6.07, 6.45) is 2.52. The van der Waals surface area contributed by atoms with Gasteiger partial charge in [0, 0.05) is 12.1 Å². The fourth-order valence-corrected chi connectivity index (χ4v) is 2.70. The second-order valence-corrected chi connectivity index (χ2v) is 5.58. The normalized spacial score (nSPS) is 10.5. The van der Waals surface area contributed by atoms with Crippen LogP contribution in [0.25, 0.3) is 21.9 Å². The Balaban J connectivity index is 1.96. The summed E-state index contributed by atoms with van der Waals surface area (Å²) in [5, 5.41) is 4.88. The molecule has 0 aromatic heterocycles. The lowest BCUT2D eigenvalue weighted by Crippen LogP contribution is -2.23. The Labute approximate surface area is 140 Å². The highest BCUT2D eigenvalue weighted by Crippen LogP contribution is 2.29. The maximum atomic E-state index is 13.1. The smallest absolute Gasteiger partial charge is 0.251 e. The summed E-state index contributed by atoms with van der Waals surface area (Å²) < 4.78 is 13.1. The number of carbonyl (C=O) groups is 1. The Kier molecular flexibility index (Phi) is 4.71. The molecule has 1 N–H and O–H groups in total. The van der Waals surface area contributed by atoms with Crippen LogP contribution in [-0.2, 0) is 0 Å². The van der Waals surface area contributed by atoms with Crippen LogP contribution in [0, 0.1) is 5.82 Å². The van der Waals surface area contributed by atoms with Crippen molar-refractivity contribution in [1.29, 1.82) is 0 Å². The van der Waals surface area contributed by atoms with Crippen molar-refractivity contribution in [3.8, 4) is 11.1 Å². The number of halogens is 1. The molecule has 3 aromatic carbocycles. The highest BCUT2D eigenvalue weighted by molar-refractivity contribution is 6.02. The predicted octanol–water partition coefficient (Wildman–Crippen LogP) is 4.95. The zero-order valence-corrected chi connectivity index (χ0v) is 13.3. The van der Waals surface area contributed by atoms with Gasteiger partial charge >= 0.3 is 0 Å². The molecule has 3 heteroatoms. The molecule has 0 saturated heterocycles. The summed E-state index contributed by atoms with van der Waals surface area (Å²) >= 11 is 0. The van der Waals surface area contributed by atoms with Crippen molar-refractivity contribution in [2.75, 3.05) is 6.54 Å². The van der Waals surface area contributed by atoms with Gasteiger partial charge in [-0.1, -0.05) is 42.5 Å². The van der Waals surface area contributed by atoms with Crippen molar-refractivity contribution in [2.45, 2.75) is 6.42 Å². The van der Waals surface area contributed by atoms with Crippen LogP contribution in [0.1, 0.15) is 16.8 Å². The number of carbonyl (C=O) groups excluding carboxylic acids is 1. The van der Waals surface area contributed by atoms with Crippen molar-refractivity contribution in [1.82, 2.24) is 5.32 Å². The van der Waals surface area contributed by atoms with Crippen molar-refractivity contribution >= 4 is 16.7 Å². The average Bonchev–Trinajstić information content (AvgIpc) is 2.61. The molecule has 120 valence electrons. The van der Waals surface area contributed by atoms with Gasteiger partial charge in [0.2, 0.25) is 0 Å². The molecule has 3 aromatic rings. The van der Waals surface area contributed by atoms with Gasteiger partial charge in [0.15, 0.2) is 0 Å². The average molecular weight is 319 g/mol. The lowest BCUT2D eigenvalue weighted by atomic mass is 9.97. The third kappa shape index (κ3) is 3.35. The van der Waals surface area contributed by atoms with Crippen LogP contribution in [0.2, 0.25) is 0 Å². The number of rotatable bonds is 5. The number of nitrogens with one attached hydrogen (secondary N) is 1. The largest absolute Gasteiger partial charge is 0.352 e. The standard InChI is InChI=1S/C21H18FNO/c1-2-3-13-23-21(24)17-9-12-20-16(14-17)5-4-6-19(20)15-7-10-18(22)11-8-15/h2,4-12,14H,1,3,13H2,(H,23,24). The highest BCUT2D eigenvalue weighted by Gasteiger charge is 2.08. The maximum Gasteiger partial charge on any atom is 0.251 e. The molecule has 0 atom stereocenters. The molecule has 2 nitrogen and oxygen atoms in total. The van der Waals surface area contributed by atoms with Gasteiger partial charge in [-0.05, 0) is 52.6 Å². The SMILES string of the molecule is C=CCCNC(=O)c1ccc2c(-c3ccc(F)cc3)cccc2c1. The van der Waals surface area contributed by atoms with Crippen LogP contribution in [0.5, 0.6) is 0 Å². The number of hydrogen-bond acceptors (Lipinski definition) is 1. The maximum absolute atomic E-state index is 13.1. The van der Waals surface area contributed by atoms with Crippen molar-refractivity contribution in [3.63, 3.8) is 0 Å². The third-order valence-electron chi connectivity index (χ3n) is 3.93. The molecule has 3 rings (SSSR count). The Hall–Kier alpha value is -2.94. The molecule has 0 fully saturated rings. The predicted molar refractivity (Wildman–Crippen MR) is 96.5 cm³/mol. The monoisotopic (exact) mass is 319 g/mol. The van der Waals surface area contributed by atoms with E-state index in [0.717, 1.165) is 28.3 Å². The molecule has 0 unspecified atom stereocenters. The minimum Gasteiger partial charge on any atom is -0.352 e. The van der Waals surface area contributed by atoms with Crippen LogP contribution in [0.4, 0.5) is 4.39 Å². The van der Waals surface area contributed by atoms with Gasteiger partial charge in [0.25, 0.3) is 5.91 Å². The second-order valence-electron chi connectivity index (χ2n) is 5.58. The molecule has 0 heterocycles. The van der Waals surface area contributed by atoms with Crippen LogP contribution < -0.4 is 5.32 Å². The fraction of sp³-hybridized carbons (Fsp3) is 0.0952. The van der Waals surface area contributed by atoms with E-state index in [1.807, 2.05) is 36.4 Å². The van der Waals surface area contributed by atoms with E-state index in [2.05, 4.69) is 11.9 Å². The van der Waals surface area contributed by atoms with Crippen LogP contribution in [-0.4, -0.2) is 12.5 Å². The first-order chi connectivity index (χ1) is 11.7. The number of amides is 1. The highest BCUT2D eigenvalue weighted by atomic mass is 19.1. The molecule has 0 aliphatic heterocycles. The summed E-state index contributed by atoms with van der Waals surface area (Å²) in [7, 11) is 0. The zero-order valence-electron chi connectivity index (χ0n) is 13.3. The van der Waals surface area contributed by atoms with Crippen LogP contribution >= 0.6 is 0 Å². The van der Waals surface area contributed by atoms with Gasteiger partial charge in [-0.2, -0.15) is 0 Å². The van der Waals surface area contributed by atoms with Crippen LogP contribution in [0.15, 0.2) is 73.3 Å². The molecule has 24 heavy (non-hydrogen) atoms. The van der Waals surface area contributed by atoms with Gasteiger partial charge in [-0.3, -0.25) is 4.79 Å². The molecule has 0 bridgehead atoms. The van der Waals surface area contributed by atoms with E-state index in [-0.39, 0.29) is 11.7 Å². The van der Waals surface area contributed by atoms with E-state index in [9.17, 15) is 9.18 Å². The van der Waals surface area contributed by atoms with Gasteiger partial charge in [0.05, 0.1) is 0 Å². The lowest BCUT2D eigenvalue weighted by Gasteiger charge is -2.09. The summed E-state index contributed by atoms with van der Waals surface area (Å²) in [6, 6.07) is 18.0. The van der Waals surface area contributed by atoms with E-state index in [1.54, 1.807) is 18.2 Å². The van der Waals surface area contributed by atoms with Gasteiger partial charge < -0.3 is 5.32 Å². The molecule has 0 saturated carbocycles. The molecule has 0 radical (unpaired) electrons.